The number of hydrogen-bond donors (Lipinski definition) is 1. The van der Waals surface area contributed by atoms with E-state index in [-0.39, 0.29) is 5.91 Å². The molecule has 0 saturated heterocycles. The molecule has 0 fully saturated rings. The molecule has 0 aliphatic heterocycles. The van der Waals surface area contributed by atoms with Gasteiger partial charge in [-0.05, 0) is 50.3 Å². The minimum Gasteiger partial charge on any atom is -0.465 e. The Balaban J connectivity index is 1.94. The monoisotopic (exact) mass is 269 g/mol. The molecule has 1 amide bonds. The molecule has 0 aromatic carbocycles. The molecule has 102 valence electrons. The Labute approximate surface area is 117 Å². The molecule has 5 nitrogen and oxygen atoms in total. The minimum absolute atomic E-state index is 0.289. The molecular weight excluding hydrogens is 254 g/mol. The molecule has 0 unspecified atom stereocenters. The molecule has 0 bridgehead atoms. The van der Waals surface area contributed by atoms with E-state index in [0.29, 0.717) is 11.3 Å². The second-order valence-electron chi connectivity index (χ2n) is 4.23. The standard InChI is InChI=1S/C15H15N3O2/c1-11-5-7-13(10-16-11)15(19)18-17-12(2)6-8-14-4-3-9-20-14/h3-10H,1-2H3,(H,18,19)/b8-6+,17-12+. The van der Waals surface area contributed by atoms with E-state index >= 15 is 0 Å². The van der Waals surface area contributed by atoms with Gasteiger partial charge in [0.2, 0.25) is 0 Å². The number of amides is 1. The predicted octanol–water partition coefficient (Wildman–Crippen LogP) is 2.80. The fourth-order valence-corrected chi connectivity index (χ4v) is 1.43. The second-order valence-corrected chi connectivity index (χ2v) is 4.23. The molecule has 0 spiro atoms. The first-order chi connectivity index (χ1) is 9.65. The Hall–Kier alpha value is -2.69. The lowest BCUT2D eigenvalue weighted by Crippen LogP contribution is -2.18. The quantitative estimate of drug-likeness (QED) is 0.685. The number of furan rings is 1. The summed E-state index contributed by atoms with van der Waals surface area (Å²) in [4.78, 5) is 15.9. The van der Waals surface area contributed by atoms with Crippen molar-refractivity contribution in [3.8, 4) is 0 Å². The van der Waals surface area contributed by atoms with Crippen LogP contribution in [0.15, 0.2) is 52.3 Å². The Morgan fingerprint density at radius 1 is 1.40 bits per heavy atom. The smallest absolute Gasteiger partial charge is 0.272 e. The number of aryl methyl sites for hydroxylation is 1. The first-order valence-corrected chi connectivity index (χ1v) is 6.14. The fraction of sp³-hybridized carbons (Fsp3) is 0.133. The zero-order valence-electron chi connectivity index (χ0n) is 11.3. The van der Waals surface area contributed by atoms with E-state index in [0.717, 1.165) is 11.5 Å². The van der Waals surface area contributed by atoms with Gasteiger partial charge in [-0.15, -0.1) is 0 Å². The molecule has 20 heavy (non-hydrogen) atoms. The van der Waals surface area contributed by atoms with Crippen molar-refractivity contribution in [2.24, 2.45) is 5.10 Å². The van der Waals surface area contributed by atoms with Gasteiger partial charge >= 0.3 is 0 Å². The van der Waals surface area contributed by atoms with Gasteiger partial charge in [0, 0.05) is 11.9 Å². The van der Waals surface area contributed by atoms with Crippen LogP contribution in [0.5, 0.6) is 0 Å². The Morgan fingerprint density at radius 3 is 2.90 bits per heavy atom. The van der Waals surface area contributed by atoms with E-state index in [1.54, 1.807) is 43.5 Å². The third kappa shape index (κ3) is 3.91. The molecule has 2 aromatic rings. The second kappa shape index (κ2) is 6.47. The molecule has 1 N–H and O–H groups in total. The summed E-state index contributed by atoms with van der Waals surface area (Å²) in [7, 11) is 0. The number of nitrogens with zero attached hydrogens (tertiary/aromatic N) is 2. The van der Waals surface area contributed by atoms with Crippen LogP contribution in [-0.2, 0) is 0 Å². The number of nitrogens with one attached hydrogen (secondary N) is 1. The lowest BCUT2D eigenvalue weighted by molar-refractivity contribution is 0.0954. The van der Waals surface area contributed by atoms with Crippen LogP contribution in [-0.4, -0.2) is 16.6 Å². The first kappa shape index (κ1) is 13.7. The maximum atomic E-state index is 11.8. The van der Waals surface area contributed by atoms with Crippen molar-refractivity contribution in [1.82, 2.24) is 10.4 Å². The Kier molecular flexibility index (Phi) is 4.44. The predicted molar refractivity (Wildman–Crippen MR) is 77.3 cm³/mol. The van der Waals surface area contributed by atoms with Crippen LogP contribution in [0.4, 0.5) is 0 Å². The number of hydrogen-bond acceptors (Lipinski definition) is 4. The molecular formula is C15H15N3O2. The van der Waals surface area contributed by atoms with Gasteiger partial charge in [-0.3, -0.25) is 9.78 Å². The van der Waals surface area contributed by atoms with Crippen molar-refractivity contribution in [2.45, 2.75) is 13.8 Å². The van der Waals surface area contributed by atoms with Crippen LogP contribution in [0, 0.1) is 6.92 Å². The molecule has 0 radical (unpaired) electrons. The van der Waals surface area contributed by atoms with Crippen LogP contribution >= 0.6 is 0 Å². The topological polar surface area (TPSA) is 67.5 Å². The van der Waals surface area contributed by atoms with Gasteiger partial charge in [0.15, 0.2) is 0 Å². The van der Waals surface area contributed by atoms with E-state index < -0.39 is 0 Å². The summed E-state index contributed by atoms with van der Waals surface area (Å²) in [6.07, 6.45) is 6.65. The van der Waals surface area contributed by atoms with Crippen molar-refractivity contribution in [3.05, 3.63) is 59.8 Å². The number of pyridine rings is 1. The maximum absolute atomic E-state index is 11.8. The van der Waals surface area contributed by atoms with Gasteiger partial charge < -0.3 is 4.42 Å². The molecule has 5 heteroatoms. The lowest BCUT2D eigenvalue weighted by Gasteiger charge is -2.00. The summed E-state index contributed by atoms with van der Waals surface area (Å²) >= 11 is 0. The number of carbonyl (C=O) groups excluding carboxylic acids is 1. The molecule has 2 rings (SSSR count). The number of hydrazone groups is 1. The highest BCUT2D eigenvalue weighted by atomic mass is 16.3. The van der Waals surface area contributed by atoms with E-state index in [4.69, 9.17) is 4.42 Å². The molecule has 2 aromatic heterocycles. The summed E-state index contributed by atoms with van der Waals surface area (Å²) in [5, 5.41) is 3.98. The van der Waals surface area contributed by atoms with Crippen LogP contribution in [0.1, 0.15) is 28.7 Å². The zero-order valence-corrected chi connectivity index (χ0v) is 11.3. The highest BCUT2D eigenvalue weighted by Gasteiger charge is 2.03. The summed E-state index contributed by atoms with van der Waals surface area (Å²) in [5.74, 6) is 0.442. The summed E-state index contributed by atoms with van der Waals surface area (Å²) in [6, 6.07) is 7.13. The molecule has 0 aliphatic carbocycles. The van der Waals surface area contributed by atoms with Gasteiger partial charge in [-0.2, -0.15) is 5.10 Å². The van der Waals surface area contributed by atoms with Crippen molar-refractivity contribution >= 4 is 17.7 Å². The fourth-order valence-electron chi connectivity index (χ4n) is 1.43. The van der Waals surface area contributed by atoms with Gasteiger partial charge in [-0.1, -0.05) is 0 Å². The van der Waals surface area contributed by atoms with Crippen LogP contribution in [0.2, 0.25) is 0 Å². The number of rotatable bonds is 4. The maximum Gasteiger partial charge on any atom is 0.272 e. The minimum atomic E-state index is -0.289. The normalized spacial score (nSPS) is 11.8. The highest BCUT2D eigenvalue weighted by molar-refractivity contribution is 5.98. The number of aromatic nitrogens is 1. The van der Waals surface area contributed by atoms with Crippen LogP contribution < -0.4 is 5.43 Å². The van der Waals surface area contributed by atoms with E-state index in [9.17, 15) is 4.79 Å². The SMILES string of the molecule is CC(/C=C/c1ccco1)=N\NC(=O)c1ccc(C)nc1. The van der Waals surface area contributed by atoms with Crippen LogP contribution in [0.3, 0.4) is 0 Å². The van der Waals surface area contributed by atoms with Crippen molar-refractivity contribution < 1.29 is 9.21 Å². The number of allylic oxidation sites excluding steroid dienone is 1. The van der Waals surface area contributed by atoms with E-state index in [1.807, 2.05) is 13.0 Å². The first-order valence-electron chi connectivity index (χ1n) is 6.14. The molecule has 0 aliphatic rings. The van der Waals surface area contributed by atoms with Gasteiger partial charge in [0.25, 0.3) is 5.91 Å². The summed E-state index contributed by atoms with van der Waals surface area (Å²) in [6.45, 7) is 3.65. The Morgan fingerprint density at radius 2 is 2.25 bits per heavy atom. The third-order valence-corrected chi connectivity index (χ3v) is 2.54. The van der Waals surface area contributed by atoms with E-state index in [2.05, 4.69) is 15.5 Å². The zero-order chi connectivity index (χ0) is 14.4. The summed E-state index contributed by atoms with van der Waals surface area (Å²) < 4.78 is 5.15. The highest BCUT2D eigenvalue weighted by Crippen LogP contribution is 2.02. The molecule has 2 heterocycles. The molecule has 0 atom stereocenters. The molecule has 0 saturated carbocycles. The van der Waals surface area contributed by atoms with Gasteiger partial charge in [-0.25, -0.2) is 5.43 Å². The van der Waals surface area contributed by atoms with Crippen molar-refractivity contribution in [2.75, 3.05) is 0 Å². The average molecular weight is 269 g/mol. The summed E-state index contributed by atoms with van der Waals surface area (Å²) in [5.41, 5.74) is 4.48. The largest absolute Gasteiger partial charge is 0.465 e. The van der Waals surface area contributed by atoms with Gasteiger partial charge in [0.05, 0.1) is 17.5 Å². The van der Waals surface area contributed by atoms with Crippen LogP contribution in [0.25, 0.3) is 6.08 Å². The average Bonchev–Trinajstić information content (AvgIpc) is 2.96. The van der Waals surface area contributed by atoms with Crippen molar-refractivity contribution in [1.29, 1.82) is 0 Å². The van der Waals surface area contributed by atoms with E-state index in [1.165, 1.54) is 6.20 Å². The van der Waals surface area contributed by atoms with Gasteiger partial charge in [0.1, 0.15) is 5.76 Å². The lowest BCUT2D eigenvalue weighted by atomic mass is 10.2. The van der Waals surface area contributed by atoms with Crippen molar-refractivity contribution in [3.63, 3.8) is 0 Å². The third-order valence-electron chi connectivity index (χ3n) is 2.54. The Bertz CT molecular complexity index is 626. The number of carbonyl (C=O) groups is 1.